The van der Waals surface area contributed by atoms with Crippen LogP contribution in [0.5, 0.6) is 11.5 Å². The molecule has 0 saturated heterocycles. The van der Waals surface area contributed by atoms with Crippen molar-refractivity contribution in [1.29, 1.82) is 0 Å². The number of aryl methyl sites for hydroxylation is 1. The molecule has 3 aliphatic rings. The fourth-order valence-electron chi connectivity index (χ4n) is 6.43. The van der Waals surface area contributed by atoms with E-state index in [2.05, 4.69) is 71.5 Å². The number of ketones is 2. The van der Waals surface area contributed by atoms with Crippen LogP contribution in [0.3, 0.4) is 0 Å². The SMILES string of the molecule is C=CCc1cc(C2C3=C(CC(C)(C)CC3=O)OC3=C2C(=O)CC(C)(C)C3)cc(OCC)c1OCc1ccc(C)cc1. The van der Waals surface area contributed by atoms with Crippen molar-refractivity contribution < 1.29 is 23.8 Å². The molecule has 0 N–H and O–H groups in total. The van der Waals surface area contributed by atoms with Crippen molar-refractivity contribution in [2.24, 2.45) is 10.8 Å². The van der Waals surface area contributed by atoms with Crippen LogP contribution < -0.4 is 9.47 Å². The van der Waals surface area contributed by atoms with Gasteiger partial charge in [-0.05, 0) is 48.3 Å². The normalized spacial score (nSPS) is 19.9. The summed E-state index contributed by atoms with van der Waals surface area (Å²) in [5.74, 6) is 2.30. The maximum atomic E-state index is 13.8. The van der Waals surface area contributed by atoms with Gasteiger partial charge in [0, 0.05) is 48.3 Å². The lowest BCUT2D eigenvalue weighted by Crippen LogP contribution is -2.37. The Bertz CT molecular complexity index is 1400. The van der Waals surface area contributed by atoms with Crippen LogP contribution in [0.1, 0.15) is 88.5 Å². The van der Waals surface area contributed by atoms with E-state index in [0.717, 1.165) is 16.7 Å². The van der Waals surface area contributed by atoms with E-state index >= 15 is 0 Å². The Kier molecular flexibility index (Phi) is 7.76. The largest absolute Gasteiger partial charge is 0.490 e. The molecule has 0 amide bonds. The van der Waals surface area contributed by atoms with E-state index in [4.69, 9.17) is 14.2 Å². The Morgan fingerprint density at radius 3 is 2.02 bits per heavy atom. The third-order valence-electron chi connectivity index (χ3n) is 8.24. The van der Waals surface area contributed by atoms with E-state index < -0.39 is 5.92 Å². The average molecular weight is 555 g/mol. The molecular weight excluding hydrogens is 512 g/mol. The Hall–Kier alpha value is -3.60. The monoisotopic (exact) mass is 554 g/mol. The van der Waals surface area contributed by atoms with Crippen molar-refractivity contribution in [3.63, 3.8) is 0 Å². The van der Waals surface area contributed by atoms with Crippen molar-refractivity contribution in [2.75, 3.05) is 6.61 Å². The molecule has 0 fully saturated rings. The van der Waals surface area contributed by atoms with Crippen LogP contribution in [0.15, 0.2) is 71.7 Å². The molecular formula is C36H42O5. The molecule has 1 aliphatic heterocycles. The molecule has 0 aromatic heterocycles. The van der Waals surface area contributed by atoms with Crippen LogP contribution in [0, 0.1) is 17.8 Å². The zero-order valence-corrected chi connectivity index (χ0v) is 25.3. The smallest absolute Gasteiger partial charge is 0.165 e. The van der Waals surface area contributed by atoms with Crippen molar-refractivity contribution in [1.82, 2.24) is 0 Å². The number of hydrogen-bond donors (Lipinski definition) is 0. The quantitative estimate of drug-likeness (QED) is 0.309. The minimum atomic E-state index is -0.491. The molecule has 0 radical (unpaired) electrons. The molecule has 0 saturated carbocycles. The van der Waals surface area contributed by atoms with Crippen LogP contribution in [0.25, 0.3) is 0 Å². The number of carbonyl (C=O) groups excluding carboxylic acids is 2. The lowest BCUT2D eigenvalue weighted by atomic mass is 9.65. The summed E-state index contributed by atoms with van der Waals surface area (Å²) in [7, 11) is 0. The van der Waals surface area contributed by atoms with Crippen LogP contribution in [0.4, 0.5) is 0 Å². The molecule has 216 valence electrons. The van der Waals surface area contributed by atoms with Gasteiger partial charge in [-0.15, -0.1) is 6.58 Å². The number of Topliss-reactive ketones (excluding diaryl/α,β-unsaturated/α-hetero) is 2. The first kappa shape index (κ1) is 28.9. The number of benzene rings is 2. The summed E-state index contributed by atoms with van der Waals surface area (Å²) in [4.78, 5) is 27.5. The van der Waals surface area contributed by atoms with Gasteiger partial charge >= 0.3 is 0 Å². The Balaban J connectivity index is 1.65. The first-order chi connectivity index (χ1) is 19.4. The number of allylic oxidation sites excluding steroid dienone is 5. The van der Waals surface area contributed by atoms with Gasteiger partial charge in [0.2, 0.25) is 0 Å². The summed E-state index contributed by atoms with van der Waals surface area (Å²) in [5.41, 5.74) is 4.86. The average Bonchev–Trinajstić information content (AvgIpc) is 2.86. The van der Waals surface area contributed by atoms with Gasteiger partial charge in [-0.2, -0.15) is 0 Å². The van der Waals surface area contributed by atoms with Crippen LogP contribution in [-0.2, 0) is 27.4 Å². The predicted molar refractivity (Wildman–Crippen MR) is 161 cm³/mol. The maximum Gasteiger partial charge on any atom is 0.165 e. The summed E-state index contributed by atoms with van der Waals surface area (Å²) in [6.45, 7) is 17.2. The Morgan fingerprint density at radius 1 is 0.902 bits per heavy atom. The summed E-state index contributed by atoms with van der Waals surface area (Å²) in [5, 5.41) is 0. The van der Waals surface area contributed by atoms with Gasteiger partial charge < -0.3 is 14.2 Å². The minimum absolute atomic E-state index is 0.0494. The molecule has 5 heteroatoms. The molecule has 2 aromatic rings. The molecule has 2 aliphatic carbocycles. The Morgan fingerprint density at radius 2 is 1.49 bits per heavy atom. The highest BCUT2D eigenvalue weighted by Crippen LogP contribution is 2.54. The third kappa shape index (κ3) is 5.91. The first-order valence-electron chi connectivity index (χ1n) is 14.7. The summed E-state index contributed by atoms with van der Waals surface area (Å²) >= 11 is 0. The van der Waals surface area contributed by atoms with Crippen molar-refractivity contribution >= 4 is 11.6 Å². The summed E-state index contributed by atoms with van der Waals surface area (Å²) < 4.78 is 19.0. The van der Waals surface area contributed by atoms with Crippen LogP contribution >= 0.6 is 0 Å². The number of ether oxygens (including phenoxy) is 3. The topological polar surface area (TPSA) is 61.8 Å². The summed E-state index contributed by atoms with van der Waals surface area (Å²) in [6.07, 6.45) is 4.56. The van der Waals surface area contributed by atoms with Gasteiger partial charge in [-0.3, -0.25) is 9.59 Å². The van der Waals surface area contributed by atoms with Crippen molar-refractivity contribution in [2.45, 2.75) is 86.2 Å². The molecule has 5 rings (SSSR count). The minimum Gasteiger partial charge on any atom is -0.490 e. The van der Waals surface area contributed by atoms with E-state index in [1.165, 1.54) is 5.56 Å². The molecule has 1 heterocycles. The van der Waals surface area contributed by atoms with Crippen molar-refractivity contribution in [3.8, 4) is 11.5 Å². The lowest BCUT2D eigenvalue weighted by Gasteiger charge is -2.42. The zero-order chi connectivity index (χ0) is 29.5. The maximum absolute atomic E-state index is 13.8. The van der Waals surface area contributed by atoms with E-state index in [1.54, 1.807) is 0 Å². The second-order valence-corrected chi connectivity index (χ2v) is 13.3. The van der Waals surface area contributed by atoms with Crippen molar-refractivity contribution in [3.05, 3.63) is 94.0 Å². The van der Waals surface area contributed by atoms with Crippen LogP contribution in [0.2, 0.25) is 0 Å². The number of hydrogen-bond acceptors (Lipinski definition) is 5. The molecule has 0 spiro atoms. The fraction of sp³-hybridized carbons (Fsp3) is 0.444. The Labute approximate surface area is 244 Å². The highest BCUT2D eigenvalue weighted by Gasteiger charge is 2.48. The van der Waals surface area contributed by atoms with E-state index in [9.17, 15) is 9.59 Å². The lowest BCUT2D eigenvalue weighted by molar-refractivity contribution is -0.120. The fourth-order valence-corrected chi connectivity index (χ4v) is 6.43. The third-order valence-corrected chi connectivity index (χ3v) is 8.24. The first-order valence-corrected chi connectivity index (χ1v) is 14.7. The van der Waals surface area contributed by atoms with Gasteiger partial charge in [0.25, 0.3) is 0 Å². The second kappa shape index (κ2) is 11.0. The molecule has 41 heavy (non-hydrogen) atoms. The summed E-state index contributed by atoms with van der Waals surface area (Å²) in [6, 6.07) is 12.3. The van der Waals surface area contributed by atoms with Gasteiger partial charge in [0.1, 0.15) is 18.1 Å². The van der Waals surface area contributed by atoms with E-state index in [-0.39, 0.29) is 22.4 Å². The molecule has 5 nitrogen and oxygen atoms in total. The van der Waals surface area contributed by atoms with Gasteiger partial charge in [0.15, 0.2) is 23.1 Å². The highest BCUT2D eigenvalue weighted by molar-refractivity contribution is 6.06. The molecule has 0 bridgehead atoms. The molecule has 0 atom stereocenters. The second-order valence-electron chi connectivity index (χ2n) is 13.3. The number of carbonyl (C=O) groups is 2. The van der Waals surface area contributed by atoms with E-state index in [0.29, 0.717) is 79.5 Å². The van der Waals surface area contributed by atoms with E-state index in [1.807, 2.05) is 19.1 Å². The highest BCUT2D eigenvalue weighted by atomic mass is 16.5. The zero-order valence-electron chi connectivity index (χ0n) is 25.3. The standard InChI is InChI=1S/C36H42O5/c1-8-10-24-15-25(16-28(39-9-2)34(24)40-21-23-13-11-22(3)12-14-23)31-32-26(37)17-35(4,5)19-29(32)41-30-20-36(6,7)18-27(38)33(30)31/h8,11-16,31H,1,9-10,17-21H2,2-7H3. The molecule has 2 aromatic carbocycles. The van der Waals surface area contributed by atoms with Gasteiger partial charge in [-0.1, -0.05) is 69.7 Å². The van der Waals surface area contributed by atoms with Gasteiger partial charge in [-0.25, -0.2) is 0 Å². The molecule has 0 unspecified atom stereocenters. The van der Waals surface area contributed by atoms with Gasteiger partial charge in [0.05, 0.1) is 6.61 Å². The van der Waals surface area contributed by atoms with Crippen LogP contribution in [-0.4, -0.2) is 18.2 Å². The predicted octanol–water partition coefficient (Wildman–Crippen LogP) is 8.10. The number of rotatable bonds is 8.